The van der Waals surface area contributed by atoms with E-state index >= 15 is 0 Å². The first-order valence-electron chi connectivity index (χ1n) is 5.24. The zero-order valence-electron chi connectivity index (χ0n) is 9.15. The van der Waals surface area contributed by atoms with Crippen LogP contribution in [0, 0.1) is 5.92 Å². The van der Waals surface area contributed by atoms with Crippen molar-refractivity contribution in [2.45, 2.75) is 33.2 Å². The third kappa shape index (κ3) is 5.18. The minimum Gasteiger partial charge on any atom is -0.452 e. The van der Waals surface area contributed by atoms with Crippen molar-refractivity contribution in [3.8, 4) is 0 Å². The summed E-state index contributed by atoms with van der Waals surface area (Å²) >= 11 is 6.71. The van der Waals surface area contributed by atoms with Crippen LogP contribution in [0.2, 0.25) is 0 Å². The highest BCUT2D eigenvalue weighted by Gasteiger charge is 2.04. The van der Waals surface area contributed by atoms with Crippen LogP contribution in [-0.2, 0) is 6.54 Å². The molecule has 1 rings (SSSR count). The van der Waals surface area contributed by atoms with Gasteiger partial charge in [-0.05, 0) is 63.2 Å². The van der Waals surface area contributed by atoms with Crippen molar-refractivity contribution in [1.82, 2.24) is 5.32 Å². The van der Waals surface area contributed by atoms with Gasteiger partial charge in [-0.1, -0.05) is 13.8 Å². The summed E-state index contributed by atoms with van der Waals surface area (Å²) in [6.45, 7) is 6.35. The molecule has 0 aromatic carbocycles. The molecular weight excluding hydrogens is 322 g/mol. The summed E-state index contributed by atoms with van der Waals surface area (Å²) in [6.07, 6.45) is 2.50. The van der Waals surface area contributed by atoms with E-state index in [1.54, 1.807) is 0 Å². The lowest BCUT2D eigenvalue weighted by Gasteiger charge is -2.04. The Morgan fingerprint density at radius 2 is 2.13 bits per heavy atom. The third-order valence-electron chi connectivity index (χ3n) is 2.13. The topological polar surface area (TPSA) is 25.2 Å². The quantitative estimate of drug-likeness (QED) is 0.781. The maximum Gasteiger partial charge on any atom is 0.183 e. The molecule has 0 radical (unpaired) electrons. The fraction of sp³-hybridized carbons (Fsp3) is 0.636. The molecule has 0 fully saturated rings. The standard InChI is InChI=1S/C11H17Br2NO/c1-8(2)4-3-5-14-7-9-6-10(12)11(13)15-9/h6,8,14H,3-5,7H2,1-2H3. The Hall–Kier alpha value is 0.200. The lowest BCUT2D eigenvalue weighted by Crippen LogP contribution is -2.14. The molecule has 1 N–H and O–H groups in total. The predicted octanol–water partition coefficient (Wildman–Crippen LogP) is 4.33. The van der Waals surface area contributed by atoms with Crippen LogP contribution < -0.4 is 5.32 Å². The maximum absolute atomic E-state index is 5.45. The van der Waals surface area contributed by atoms with Crippen LogP contribution in [0.4, 0.5) is 0 Å². The van der Waals surface area contributed by atoms with Crippen molar-refractivity contribution in [3.63, 3.8) is 0 Å². The number of furan rings is 1. The Balaban J connectivity index is 2.15. The van der Waals surface area contributed by atoms with Crippen LogP contribution in [0.3, 0.4) is 0 Å². The summed E-state index contributed by atoms with van der Waals surface area (Å²) in [6, 6.07) is 1.99. The summed E-state index contributed by atoms with van der Waals surface area (Å²) in [5.41, 5.74) is 0. The van der Waals surface area contributed by atoms with Gasteiger partial charge in [-0.3, -0.25) is 0 Å². The Morgan fingerprint density at radius 1 is 1.40 bits per heavy atom. The van der Waals surface area contributed by atoms with Gasteiger partial charge in [0.05, 0.1) is 11.0 Å². The molecule has 0 aliphatic heterocycles. The van der Waals surface area contributed by atoms with Gasteiger partial charge in [0.1, 0.15) is 5.76 Å². The smallest absolute Gasteiger partial charge is 0.183 e. The molecule has 0 bridgehead atoms. The van der Waals surface area contributed by atoms with Crippen molar-refractivity contribution in [3.05, 3.63) is 21.0 Å². The SMILES string of the molecule is CC(C)CCCNCc1cc(Br)c(Br)o1. The van der Waals surface area contributed by atoms with E-state index in [-0.39, 0.29) is 0 Å². The van der Waals surface area contributed by atoms with E-state index in [9.17, 15) is 0 Å². The fourth-order valence-corrected chi connectivity index (χ4v) is 1.98. The van der Waals surface area contributed by atoms with Crippen LogP contribution in [0.25, 0.3) is 0 Å². The summed E-state index contributed by atoms with van der Waals surface area (Å²) in [5, 5.41) is 3.36. The summed E-state index contributed by atoms with van der Waals surface area (Å²) in [4.78, 5) is 0. The van der Waals surface area contributed by atoms with Gasteiger partial charge in [0.15, 0.2) is 4.67 Å². The van der Waals surface area contributed by atoms with Crippen LogP contribution in [0.15, 0.2) is 19.6 Å². The van der Waals surface area contributed by atoms with Crippen molar-refractivity contribution >= 4 is 31.9 Å². The lowest BCUT2D eigenvalue weighted by atomic mass is 10.1. The molecule has 0 atom stereocenters. The number of rotatable bonds is 6. The van der Waals surface area contributed by atoms with E-state index < -0.39 is 0 Å². The first-order chi connectivity index (χ1) is 7.09. The Kier molecular flexibility index (Phi) is 5.94. The molecule has 2 nitrogen and oxygen atoms in total. The zero-order chi connectivity index (χ0) is 11.3. The highest BCUT2D eigenvalue weighted by Crippen LogP contribution is 2.26. The highest BCUT2D eigenvalue weighted by molar-refractivity contribution is 9.13. The van der Waals surface area contributed by atoms with Crippen molar-refractivity contribution in [2.24, 2.45) is 5.92 Å². The minimum absolute atomic E-state index is 0.765. The number of nitrogens with one attached hydrogen (secondary N) is 1. The summed E-state index contributed by atoms with van der Waals surface area (Å²) in [5.74, 6) is 1.75. The van der Waals surface area contributed by atoms with Crippen LogP contribution in [-0.4, -0.2) is 6.54 Å². The van der Waals surface area contributed by atoms with E-state index in [1.807, 2.05) is 6.07 Å². The Morgan fingerprint density at radius 3 is 2.67 bits per heavy atom. The molecular formula is C11H17Br2NO. The monoisotopic (exact) mass is 337 g/mol. The largest absolute Gasteiger partial charge is 0.452 e. The van der Waals surface area contributed by atoms with Crippen LogP contribution >= 0.6 is 31.9 Å². The molecule has 15 heavy (non-hydrogen) atoms. The normalized spacial score (nSPS) is 11.3. The summed E-state index contributed by atoms with van der Waals surface area (Å²) < 4.78 is 7.19. The van der Waals surface area contributed by atoms with E-state index in [4.69, 9.17) is 4.42 Å². The van der Waals surface area contributed by atoms with Gasteiger partial charge >= 0.3 is 0 Å². The molecule has 1 aromatic rings. The van der Waals surface area contributed by atoms with E-state index in [0.29, 0.717) is 0 Å². The average Bonchev–Trinajstić information content (AvgIpc) is 2.45. The van der Waals surface area contributed by atoms with Crippen LogP contribution in [0.5, 0.6) is 0 Å². The van der Waals surface area contributed by atoms with Gasteiger partial charge < -0.3 is 9.73 Å². The number of halogens is 2. The minimum atomic E-state index is 0.765. The molecule has 0 unspecified atom stereocenters. The zero-order valence-corrected chi connectivity index (χ0v) is 12.3. The first kappa shape index (κ1) is 13.3. The highest BCUT2D eigenvalue weighted by atomic mass is 79.9. The van der Waals surface area contributed by atoms with Gasteiger partial charge in [0.25, 0.3) is 0 Å². The second kappa shape index (κ2) is 6.71. The second-order valence-electron chi connectivity index (χ2n) is 4.05. The molecule has 4 heteroatoms. The Labute approximate surface area is 108 Å². The van der Waals surface area contributed by atoms with Gasteiger partial charge in [-0.25, -0.2) is 0 Å². The van der Waals surface area contributed by atoms with Gasteiger partial charge in [-0.15, -0.1) is 0 Å². The van der Waals surface area contributed by atoms with Crippen molar-refractivity contribution in [2.75, 3.05) is 6.54 Å². The Bertz CT molecular complexity index is 277. The van der Waals surface area contributed by atoms with E-state index in [1.165, 1.54) is 12.8 Å². The molecule has 0 amide bonds. The van der Waals surface area contributed by atoms with Gasteiger partial charge in [0, 0.05) is 0 Å². The molecule has 0 saturated carbocycles. The second-order valence-corrected chi connectivity index (χ2v) is 5.62. The lowest BCUT2D eigenvalue weighted by molar-refractivity contribution is 0.455. The van der Waals surface area contributed by atoms with Crippen molar-refractivity contribution in [1.29, 1.82) is 0 Å². The molecule has 1 aromatic heterocycles. The average molecular weight is 339 g/mol. The van der Waals surface area contributed by atoms with Crippen molar-refractivity contribution < 1.29 is 4.42 Å². The molecule has 1 heterocycles. The molecule has 0 aliphatic carbocycles. The predicted molar refractivity (Wildman–Crippen MR) is 69.9 cm³/mol. The maximum atomic E-state index is 5.45. The number of hydrogen-bond acceptors (Lipinski definition) is 2. The number of hydrogen-bond donors (Lipinski definition) is 1. The molecule has 0 saturated heterocycles. The molecule has 0 spiro atoms. The van der Waals surface area contributed by atoms with E-state index in [2.05, 4.69) is 51.0 Å². The van der Waals surface area contributed by atoms with Gasteiger partial charge in [-0.2, -0.15) is 0 Å². The summed E-state index contributed by atoms with van der Waals surface area (Å²) in [7, 11) is 0. The molecule has 86 valence electrons. The van der Waals surface area contributed by atoms with Gasteiger partial charge in [0.2, 0.25) is 0 Å². The molecule has 0 aliphatic rings. The van der Waals surface area contributed by atoms with Crippen LogP contribution in [0.1, 0.15) is 32.4 Å². The third-order valence-corrected chi connectivity index (χ3v) is 3.84. The van der Waals surface area contributed by atoms with E-state index in [0.717, 1.165) is 33.9 Å². The first-order valence-corrected chi connectivity index (χ1v) is 6.82. The fourth-order valence-electron chi connectivity index (χ4n) is 1.33.